The first kappa shape index (κ1) is 12.8. The van der Waals surface area contributed by atoms with Crippen LogP contribution < -0.4 is 5.32 Å². The molecule has 1 saturated heterocycles. The highest BCUT2D eigenvalue weighted by Gasteiger charge is 2.13. The minimum Gasteiger partial charge on any atom is -0.379 e. The lowest BCUT2D eigenvalue weighted by Gasteiger charge is -2.07. The van der Waals surface area contributed by atoms with Gasteiger partial charge >= 0.3 is 0 Å². The molecule has 1 atom stereocenters. The van der Waals surface area contributed by atoms with E-state index >= 15 is 0 Å². The van der Waals surface area contributed by atoms with Gasteiger partial charge in [0.2, 0.25) is 0 Å². The molecule has 1 fully saturated rings. The number of hydrogen-bond donors (Lipinski definition) is 1. The van der Waals surface area contributed by atoms with Gasteiger partial charge in [0.15, 0.2) is 0 Å². The summed E-state index contributed by atoms with van der Waals surface area (Å²) in [6.45, 7) is 5.30. The van der Waals surface area contributed by atoms with Gasteiger partial charge in [0.05, 0.1) is 19.4 Å². The third kappa shape index (κ3) is 3.42. The zero-order valence-corrected chi connectivity index (χ0v) is 10.8. The summed E-state index contributed by atoms with van der Waals surface area (Å²) in [6, 6.07) is 6.05. The summed E-state index contributed by atoms with van der Waals surface area (Å²) in [5, 5.41) is 6.56. The maximum Gasteiger partial charge on any atom is 0.0971 e. The van der Waals surface area contributed by atoms with Crippen molar-refractivity contribution in [1.29, 1.82) is 0 Å². The summed E-state index contributed by atoms with van der Waals surface area (Å²) in [6.07, 6.45) is 1.37. The molecule has 94 valence electrons. The normalized spacial score (nSPS) is 19.8. The van der Waals surface area contributed by atoms with Crippen LogP contribution in [-0.2, 0) is 9.47 Å². The first-order valence-electron chi connectivity index (χ1n) is 6.01. The molecule has 1 unspecified atom stereocenters. The van der Waals surface area contributed by atoms with E-state index in [1.54, 1.807) is 0 Å². The fraction of sp³-hybridized carbons (Fsp3) is 0.538. The van der Waals surface area contributed by atoms with Gasteiger partial charge in [0.1, 0.15) is 0 Å². The Labute approximate surface area is 106 Å². The summed E-state index contributed by atoms with van der Waals surface area (Å²) in [7, 11) is 0. The Bertz CT molecular complexity index is 443. The number of hydrogen-bond acceptors (Lipinski definition) is 3. The molecule has 0 spiro atoms. The van der Waals surface area contributed by atoms with Crippen LogP contribution in [-0.4, -0.2) is 32.6 Å². The molecule has 0 aromatic rings. The molecule has 1 heterocycles. The van der Waals surface area contributed by atoms with Crippen LogP contribution in [0.5, 0.6) is 0 Å². The van der Waals surface area contributed by atoms with Gasteiger partial charge in [-0.25, -0.2) is 0 Å². The highest BCUT2D eigenvalue weighted by atomic mass is 35.5. The maximum absolute atomic E-state index is 5.60. The van der Waals surface area contributed by atoms with E-state index in [0.29, 0.717) is 6.73 Å². The van der Waals surface area contributed by atoms with Crippen LogP contribution in [0.2, 0.25) is 5.02 Å². The average Bonchev–Trinajstić information content (AvgIpc) is 2.80. The van der Waals surface area contributed by atoms with E-state index in [-0.39, 0.29) is 6.10 Å². The molecular weight excluding hydrogens is 238 g/mol. The molecule has 0 aromatic carbocycles. The van der Waals surface area contributed by atoms with Crippen molar-refractivity contribution >= 4 is 11.6 Å². The van der Waals surface area contributed by atoms with E-state index in [0.717, 1.165) is 31.2 Å². The van der Waals surface area contributed by atoms with Crippen molar-refractivity contribution in [3.63, 3.8) is 0 Å². The zero-order chi connectivity index (χ0) is 12.1. The van der Waals surface area contributed by atoms with Crippen molar-refractivity contribution in [2.75, 3.05) is 26.5 Å². The lowest BCUT2D eigenvalue weighted by atomic mass is 10.1. The fourth-order valence-corrected chi connectivity index (χ4v) is 1.95. The third-order valence-electron chi connectivity index (χ3n) is 2.73. The Balaban J connectivity index is 0.000000134. The summed E-state index contributed by atoms with van der Waals surface area (Å²) in [5.74, 6) is 0. The smallest absolute Gasteiger partial charge is 0.0971 e. The predicted molar refractivity (Wildman–Crippen MR) is 68.0 cm³/mol. The molecule has 3 aliphatic rings. The molecule has 0 amide bonds. The van der Waals surface area contributed by atoms with E-state index in [1.165, 1.54) is 10.4 Å². The molecule has 2 aliphatic carbocycles. The summed E-state index contributed by atoms with van der Waals surface area (Å²) in [5.41, 5.74) is 0. The highest BCUT2D eigenvalue weighted by Crippen LogP contribution is 2.20. The standard InChI is InChI=1S/C7H15NO2.C6H3Cl/c1-2-3-9-5-7-4-8-6-10-7;7-6-3-4-1-2-5(4)6/h7-8H,2-6H2,1H3;1-3H. The van der Waals surface area contributed by atoms with Gasteiger partial charge < -0.3 is 9.47 Å². The number of ether oxygens (including phenoxy) is 2. The van der Waals surface area contributed by atoms with E-state index in [4.69, 9.17) is 21.1 Å². The molecule has 0 aromatic heterocycles. The quantitative estimate of drug-likeness (QED) is 0.851. The van der Waals surface area contributed by atoms with Crippen molar-refractivity contribution in [1.82, 2.24) is 5.32 Å². The molecule has 1 N–H and O–H groups in total. The van der Waals surface area contributed by atoms with Crippen LogP contribution in [0.4, 0.5) is 0 Å². The van der Waals surface area contributed by atoms with E-state index in [2.05, 4.69) is 18.3 Å². The van der Waals surface area contributed by atoms with Crippen molar-refractivity contribution in [2.24, 2.45) is 0 Å². The Kier molecular flexibility index (Phi) is 4.80. The maximum atomic E-state index is 5.60. The van der Waals surface area contributed by atoms with E-state index in [9.17, 15) is 0 Å². The number of benzene rings is 1. The van der Waals surface area contributed by atoms with Crippen molar-refractivity contribution in [2.45, 2.75) is 19.4 Å². The Morgan fingerprint density at radius 1 is 1.53 bits per heavy atom. The Morgan fingerprint density at radius 2 is 2.41 bits per heavy atom. The number of nitrogens with one attached hydrogen (secondary N) is 1. The van der Waals surface area contributed by atoms with Gasteiger partial charge in [0.25, 0.3) is 0 Å². The lowest BCUT2D eigenvalue weighted by Crippen LogP contribution is -2.20. The van der Waals surface area contributed by atoms with Gasteiger partial charge in [-0.2, -0.15) is 0 Å². The molecule has 0 saturated carbocycles. The molecule has 17 heavy (non-hydrogen) atoms. The van der Waals surface area contributed by atoms with Crippen molar-refractivity contribution in [3.05, 3.63) is 33.7 Å². The van der Waals surface area contributed by atoms with Crippen LogP contribution >= 0.6 is 11.6 Å². The molecule has 3 rings (SSSR count). The second-order valence-electron chi connectivity index (χ2n) is 4.16. The Hall–Kier alpha value is -0.610. The molecular formula is C13H18ClNO2. The third-order valence-corrected chi connectivity index (χ3v) is 3.04. The summed E-state index contributed by atoms with van der Waals surface area (Å²) < 4.78 is 10.6. The molecule has 1 aliphatic heterocycles. The topological polar surface area (TPSA) is 30.5 Å². The first-order valence-corrected chi connectivity index (χ1v) is 6.39. The van der Waals surface area contributed by atoms with Gasteiger partial charge in [0, 0.05) is 23.4 Å². The minimum atomic E-state index is 0.284. The molecule has 0 bridgehead atoms. The Morgan fingerprint density at radius 3 is 2.76 bits per heavy atom. The second-order valence-corrected chi connectivity index (χ2v) is 4.56. The SMILES string of the molecule is CCCOCC1CNCO1.Clc1cc2ccc1=2. The molecule has 0 radical (unpaired) electrons. The van der Waals surface area contributed by atoms with Gasteiger partial charge in [-0.15, -0.1) is 0 Å². The predicted octanol–water partition coefficient (Wildman–Crippen LogP) is 2.30. The summed E-state index contributed by atoms with van der Waals surface area (Å²) >= 11 is 5.60. The first-order chi connectivity index (χ1) is 8.31. The molecule has 4 heteroatoms. The van der Waals surface area contributed by atoms with Gasteiger partial charge in [-0.05, 0) is 17.7 Å². The average molecular weight is 256 g/mol. The lowest BCUT2D eigenvalue weighted by molar-refractivity contribution is 0.0213. The van der Waals surface area contributed by atoms with E-state index < -0.39 is 0 Å². The minimum absolute atomic E-state index is 0.284. The second kappa shape index (κ2) is 6.36. The van der Waals surface area contributed by atoms with Crippen molar-refractivity contribution < 1.29 is 9.47 Å². The van der Waals surface area contributed by atoms with Crippen LogP contribution in [0.3, 0.4) is 0 Å². The largest absolute Gasteiger partial charge is 0.379 e. The number of rotatable bonds is 4. The van der Waals surface area contributed by atoms with Crippen LogP contribution in [0.1, 0.15) is 13.3 Å². The summed E-state index contributed by atoms with van der Waals surface area (Å²) in [4.78, 5) is 0. The van der Waals surface area contributed by atoms with Crippen LogP contribution in [0.15, 0.2) is 18.2 Å². The molecule has 3 nitrogen and oxygen atoms in total. The number of halogens is 1. The van der Waals surface area contributed by atoms with Gasteiger partial charge in [-0.3, -0.25) is 5.32 Å². The highest BCUT2D eigenvalue weighted by molar-refractivity contribution is 6.31. The monoisotopic (exact) mass is 255 g/mol. The van der Waals surface area contributed by atoms with E-state index in [1.807, 2.05) is 12.1 Å². The zero-order valence-electron chi connectivity index (χ0n) is 10.0. The van der Waals surface area contributed by atoms with Crippen LogP contribution in [0.25, 0.3) is 0 Å². The van der Waals surface area contributed by atoms with Gasteiger partial charge in [-0.1, -0.05) is 30.7 Å². The van der Waals surface area contributed by atoms with Crippen molar-refractivity contribution in [3.8, 4) is 0 Å². The fourth-order valence-electron chi connectivity index (χ4n) is 1.66. The van der Waals surface area contributed by atoms with Crippen LogP contribution in [0, 0.1) is 10.4 Å².